The number of nitrogens with zero attached hydrogens (tertiary/aromatic N) is 2. The van der Waals surface area contributed by atoms with Gasteiger partial charge in [-0.2, -0.15) is 0 Å². The average Bonchev–Trinajstić information content (AvgIpc) is 3.11. The first-order valence-electron chi connectivity index (χ1n) is 10.1. The van der Waals surface area contributed by atoms with Crippen molar-refractivity contribution >= 4 is 5.91 Å². The molecule has 28 heavy (non-hydrogen) atoms. The van der Waals surface area contributed by atoms with Crippen LogP contribution in [0.4, 0.5) is 4.39 Å². The minimum atomic E-state index is -0.239. The van der Waals surface area contributed by atoms with Crippen LogP contribution < -0.4 is 4.74 Å². The Bertz CT molecular complexity index is 824. The van der Waals surface area contributed by atoms with E-state index in [9.17, 15) is 9.18 Å². The summed E-state index contributed by atoms with van der Waals surface area (Å²) in [6.07, 6.45) is 2.53. The second-order valence-corrected chi connectivity index (χ2v) is 7.82. The highest BCUT2D eigenvalue weighted by Gasteiger charge is 2.30. The Balaban J connectivity index is 1.39. The maximum atomic E-state index is 13.2. The summed E-state index contributed by atoms with van der Waals surface area (Å²) in [5.41, 5.74) is 2.20. The third kappa shape index (κ3) is 4.20. The fourth-order valence-corrected chi connectivity index (χ4v) is 4.34. The van der Waals surface area contributed by atoms with Crippen molar-refractivity contribution in [2.24, 2.45) is 0 Å². The Kier molecular flexibility index (Phi) is 5.62. The SMILES string of the molecule is CC1CN(CCC(=O)N2CCCC2c2ccc(F)cc2)Cc2ccccc2O1. The second-order valence-electron chi connectivity index (χ2n) is 7.82. The van der Waals surface area contributed by atoms with Crippen LogP contribution in [-0.4, -0.2) is 41.4 Å². The van der Waals surface area contributed by atoms with Crippen LogP contribution in [0, 0.1) is 5.82 Å². The Morgan fingerprint density at radius 2 is 1.96 bits per heavy atom. The predicted molar refractivity (Wildman–Crippen MR) is 107 cm³/mol. The number of carbonyl (C=O) groups is 1. The monoisotopic (exact) mass is 382 g/mol. The minimum absolute atomic E-state index is 0.0696. The summed E-state index contributed by atoms with van der Waals surface area (Å²) in [4.78, 5) is 17.2. The maximum absolute atomic E-state index is 13.2. The Hall–Kier alpha value is -2.40. The molecule has 2 aromatic carbocycles. The van der Waals surface area contributed by atoms with Crippen molar-refractivity contribution in [3.05, 3.63) is 65.5 Å². The molecule has 1 amide bonds. The van der Waals surface area contributed by atoms with E-state index >= 15 is 0 Å². The van der Waals surface area contributed by atoms with Crippen molar-refractivity contribution in [3.63, 3.8) is 0 Å². The van der Waals surface area contributed by atoms with E-state index in [1.165, 1.54) is 17.7 Å². The molecule has 0 aliphatic carbocycles. The van der Waals surface area contributed by atoms with Crippen molar-refractivity contribution in [3.8, 4) is 5.75 Å². The van der Waals surface area contributed by atoms with E-state index in [4.69, 9.17) is 4.74 Å². The highest BCUT2D eigenvalue weighted by Crippen LogP contribution is 2.32. The minimum Gasteiger partial charge on any atom is -0.489 e. The Labute approximate surface area is 165 Å². The third-order valence-corrected chi connectivity index (χ3v) is 5.68. The number of likely N-dealkylation sites (tertiary alicyclic amines) is 1. The molecule has 1 saturated heterocycles. The molecule has 2 atom stereocenters. The topological polar surface area (TPSA) is 32.8 Å². The number of halogens is 1. The molecule has 148 valence electrons. The van der Waals surface area contributed by atoms with Gasteiger partial charge in [-0.3, -0.25) is 9.69 Å². The molecule has 4 rings (SSSR count). The van der Waals surface area contributed by atoms with Gasteiger partial charge >= 0.3 is 0 Å². The molecule has 0 radical (unpaired) electrons. The van der Waals surface area contributed by atoms with Crippen molar-refractivity contribution in [1.82, 2.24) is 9.80 Å². The van der Waals surface area contributed by atoms with Crippen LogP contribution in [0.1, 0.15) is 43.4 Å². The Morgan fingerprint density at radius 3 is 2.79 bits per heavy atom. The number of fused-ring (bicyclic) bond motifs is 1. The van der Waals surface area contributed by atoms with Gasteiger partial charge in [-0.25, -0.2) is 4.39 Å². The molecule has 5 heteroatoms. The van der Waals surface area contributed by atoms with Gasteiger partial charge in [-0.05, 0) is 43.5 Å². The van der Waals surface area contributed by atoms with Crippen LogP contribution >= 0.6 is 0 Å². The molecule has 0 saturated carbocycles. The zero-order chi connectivity index (χ0) is 19.5. The molecule has 0 N–H and O–H groups in total. The van der Waals surface area contributed by atoms with Gasteiger partial charge in [-0.1, -0.05) is 30.3 Å². The number of carbonyl (C=O) groups excluding carboxylic acids is 1. The molecule has 1 fully saturated rings. The van der Waals surface area contributed by atoms with Crippen molar-refractivity contribution in [2.45, 2.75) is 44.9 Å². The van der Waals surface area contributed by atoms with Crippen LogP contribution in [0.5, 0.6) is 5.75 Å². The summed E-state index contributed by atoms with van der Waals surface area (Å²) in [6, 6.07) is 14.8. The molecule has 2 aliphatic rings. The summed E-state index contributed by atoms with van der Waals surface area (Å²) < 4.78 is 19.2. The number of ether oxygens (including phenoxy) is 1. The summed E-state index contributed by atoms with van der Waals surface area (Å²) in [5.74, 6) is 0.884. The summed E-state index contributed by atoms with van der Waals surface area (Å²) in [5, 5.41) is 0. The van der Waals surface area contributed by atoms with Crippen molar-refractivity contribution < 1.29 is 13.9 Å². The van der Waals surface area contributed by atoms with E-state index in [-0.39, 0.29) is 23.9 Å². The quantitative estimate of drug-likeness (QED) is 0.796. The molecular weight excluding hydrogens is 355 g/mol. The largest absolute Gasteiger partial charge is 0.489 e. The number of rotatable bonds is 4. The molecule has 2 aliphatic heterocycles. The van der Waals surface area contributed by atoms with Gasteiger partial charge in [0.2, 0.25) is 5.91 Å². The molecule has 2 heterocycles. The van der Waals surface area contributed by atoms with Gasteiger partial charge in [0, 0.05) is 38.2 Å². The van der Waals surface area contributed by atoms with E-state index in [2.05, 4.69) is 17.9 Å². The Morgan fingerprint density at radius 1 is 1.18 bits per heavy atom. The summed E-state index contributed by atoms with van der Waals surface area (Å²) >= 11 is 0. The maximum Gasteiger partial charge on any atom is 0.224 e. The lowest BCUT2D eigenvalue weighted by Crippen LogP contribution is -2.36. The van der Waals surface area contributed by atoms with Crippen LogP contribution in [0.2, 0.25) is 0 Å². The molecule has 0 spiro atoms. The van der Waals surface area contributed by atoms with E-state index in [0.29, 0.717) is 13.0 Å². The number of para-hydroxylation sites is 1. The van der Waals surface area contributed by atoms with Gasteiger partial charge in [-0.15, -0.1) is 0 Å². The van der Waals surface area contributed by atoms with Crippen molar-refractivity contribution in [2.75, 3.05) is 19.6 Å². The predicted octanol–water partition coefficient (Wildman–Crippen LogP) is 4.16. The third-order valence-electron chi connectivity index (χ3n) is 5.68. The summed E-state index contributed by atoms with van der Waals surface area (Å²) in [7, 11) is 0. The fraction of sp³-hybridized carbons (Fsp3) is 0.435. The van der Waals surface area contributed by atoms with Gasteiger partial charge in [0.1, 0.15) is 17.7 Å². The standard InChI is InChI=1S/C23H27FN2O2/c1-17-15-25(16-19-5-2-3-7-22(19)28-17)14-12-23(27)26-13-4-6-21(26)18-8-10-20(24)11-9-18/h2-3,5,7-11,17,21H,4,6,12-16H2,1H3. The lowest BCUT2D eigenvalue weighted by atomic mass is 10.0. The normalized spacial score (nSPS) is 22.4. The van der Waals surface area contributed by atoms with Crippen LogP contribution in [0.25, 0.3) is 0 Å². The number of hydrogen-bond donors (Lipinski definition) is 0. The number of amides is 1. The molecule has 4 nitrogen and oxygen atoms in total. The first-order valence-corrected chi connectivity index (χ1v) is 10.1. The van der Waals surface area contributed by atoms with Crippen LogP contribution in [0.3, 0.4) is 0 Å². The van der Waals surface area contributed by atoms with Gasteiger partial charge in [0.25, 0.3) is 0 Å². The average molecular weight is 382 g/mol. The van der Waals surface area contributed by atoms with E-state index in [1.54, 1.807) is 12.1 Å². The molecule has 0 aromatic heterocycles. The first-order chi connectivity index (χ1) is 13.6. The molecule has 2 aromatic rings. The molecule has 2 unspecified atom stereocenters. The second kappa shape index (κ2) is 8.31. The van der Waals surface area contributed by atoms with E-state index in [0.717, 1.165) is 43.8 Å². The smallest absolute Gasteiger partial charge is 0.224 e. The lowest BCUT2D eigenvalue weighted by Gasteiger charge is -2.27. The van der Waals surface area contributed by atoms with Crippen molar-refractivity contribution in [1.29, 1.82) is 0 Å². The summed E-state index contributed by atoms with van der Waals surface area (Å²) in [6.45, 7) is 5.18. The van der Waals surface area contributed by atoms with Gasteiger partial charge in [0.15, 0.2) is 0 Å². The van der Waals surface area contributed by atoms with E-state index in [1.807, 2.05) is 23.1 Å². The molecular formula is C23H27FN2O2. The highest BCUT2D eigenvalue weighted by molar-refractivity contribution is 5.77. The number of hydrogen-bond acceptors (Lipinski definition) is 3. The first kappa shape index (κ1) is 18.9. The zero-order valence-electron chi connectivity index (χ0n) is 16.3. The zero-order valence-corrected chi connectivity index (χ0v) is 16.3. The van der Waals surface area contributed by atoms with Gasteiger partial charge < -0.3 is 9.64 Å². The van der Waals surface area contributed by atoms with Crippen LogP contribution in [-0.2, 0) is 11.3 Å². The lowest BCUT2D eigenvalue weighted by molar-refractivity contribution is -0.132. The fourth-order valence-electron chi connectivity index (χ4n) is 4.34. The highest BCUT2D eigenvalue weighted by atomic mass is 19.1. The molecule has 0 bridgehead atoms. The van der Waals surface area contributed by atoms with Crippen LogP contribution in [0.15, 0.2) is 48.5 Å². The van der Waals surface area contributed by atoms with Gasteiger partial charge in [0.05, 0.1) is 6.04 Å². The number of benzene rings is 2. The van der Waals surface area contributed by atoms with E-state index < -0.39 is 0 Å².